The molecule has 1 aromatic rings. The van der Waals surface area contributed by atoms with Crippen LogP contribution in [0.2, 0.25) is 0 Å². The second-order valence-electron chi connectivity index (χ2n) is 5.59. The van der Waals surface area contributed by atoms with Crippen LogP contribution < -0.4 is 0 Å². The third kappa shape index (κ3) is 4.03. The van der Waals surface area contributed by atoms with E-state index in [9.17, 15) is 5.11 Å². The summed E-state index contributed by atoms with van der Waals surface area (Å²) in [5.74, 6) is 0.234. The number of benzene rings is 1. The van der Waals surface area contributed by atoms with Gasteiger partial charge >= 0.3 is 0 Å². The molecule has 0 amide bonds. The highest BCUT2D eigenvalue weighted by Gasteiger charge is 2.24. The van der Waals surface area contributed by atoms with Crippen LogP contribution in [0.5, 0.6) is 0 Å². The van der Waals surface area contributed by atoms with Gasteiger partial charge in [0.1, 0.15) is 0 Å². The van der Waals surface area contributed by atoms with Crippen molar-refractivity contribution >= 4 is 0 Å². The normalized spacial score (nSPS) is 24.1. The number of hydrogen-bond donors (Lipinski definition) is 1. The summed E-state index contributed by atoms with van der Waals surface area (Å²) in [5.41, 5.74) is 1.01. The highest BCUT2D eigenvalue weighted by atomic mass is 16.5. The van der Waals surface area contributed by atoms with Crippen LogP contribution in [-0.4, -0.2) is 42.9 Å². The van der Waals surface area contributed by atoms with Gasteiger partial charge in [-0.25, -0.2) is 0 Å². The molecular weight excluding hydrogens is 238 g/mol. The molecule has 2 rings (SSSR count). The fraction of sp³-hybridized carbons (Fsp3) is 0.625. The standard InChI is InChI=1S/C16H25NO2/c1-13(16(18)14-7-4-3-5-8-14)11-17-10-6-9-15(12-17)19-2/h3-5,7-8,13,15-16,18H,6,9-12H2,1-2H3. The number of hydrogen-bond acceptors (Lipinski definition) is 3. The van der Waals surface area contributed by atoms with Crippen LogP contribution in [0.1, 0.15) is 31.4 Å². The molecule has 3 nitrogen and oxygen atoms in total. The molecule has 0 saturated carbocycles. The van der Waals surface area contributed by atoms with E-state index >= 15 is 0 Å². The third-order valence-corrected chi connectivity index (χ3v) is 4.02. The SMILES string of the molecule is COC1CCCN(CC(C)C(O)c2ccccc2)C1. The fourth-order valence-corrected chi connectivity index (χ4v) is 2.86. The van der Waals surface area contributed by atoms with Crippen LogP contribution in [0.3, 0.4) is 0 Å². The molecule has 0 aliphatic carbocycles. The first-order chi connectivity index (χ1) is 9.20. The van der Waals surface area contributed by atoms with E-state index in [1.807, 2.05) is 30.3 Å². The molecule has 0 aromatic heterocycles. The van der Waals surface area contributed by atoms with E-state index in [2.05, 4.69) is 11.8 Å². The zero-order chi connectivity index (χ0) is 13.7. The van der Waals surface area contributed by atoms with Crippen molar-refractivity contribution < 1.29 is 9.84 Å². The van der Waals surface area contributed by atoms with Crippen molar-refractivity contribution in [3.05, 3.63) is 35.9 Å². The molecular formula is C16H25NO2. The first kappa shape index (κ1) is 14.5. The molecule has 1 fully saturated rings. The lowest BCUT2D eigenvalue weighted by molar-refractivity contribution is 0.0135. The van der Waals surface area contributed by atoms with Gasteiger partial charge in [-0.15, -0.1) is 0 Å². The summed E-state index contributed by atoms with van der Waals surface area (Å²) in [5, 5.41) is 10.4. The Morgan fingerprint density at radius 3 is 2.79 bits per heavy atom. The number of likely N-dealkylation sites (tertiary alicyclic amines) is 1. The number of methoxy groups -OCH3 is 1. The summed E-state index contributed by atoms with van der Waals surface area (Å²) < 4.78 is 5.44. The molecule has 0 spiro atoms. The van der Waals surface area contributed by atoms with Gasteiger partial charge in [-0.2, -0.15) is 0 Å². The lowest BCUT2D eigenvalue weighted by atomic mass is 9.96. The van der Waals surface area contributed by atoms with Gasteiger partial charge in [-0.3, -0.25) is 0 Å². The van der Waals surface area contributed by atoms with Crippen molar-refractivity contribution in [1.82, 2.24) is 4.90 Å². The smallest absolute Gasteiger partial charge is 0.0827 e. The number of nitrogens with zero attached hydrogens (tertiary/aromatic N) is 1. The molecule has 1 N–H and O–H groups in total. The Bertz CT molecular complexity index is 368. The first-order valence-electron chi connectivity index (χ1n) is 7.19. The van der Waals surface area contributed by atoms with E-state index in [1.54, 1.807) is 7.11 Å². The molecule has 3 unspecified atom stereocenters. The van der Waals surface area contributed by atoms with E-state index in [1.165, 1.54) is 6.42 Å². The Labute approximate surface area is 116 Å². The molecule has 106 valence electrons. The maximum absolute atomic E-state index is 10.4. The molecule has 1 aromatic carbocycles. The van der Waals surface area contributed by atoms with Crippen LogP contribution in [-0.2, 0) is 4.74 Å². The quantitative estimate of drug-likeness (QED) is 0.886. The lowest BCUT2D eigenvalue weighted by Crippen LogP contribution is -2.42. The maximum Gasteiger partial charge on any atom is 0.0827 e. The Kier molecular flexibility index (Phi) is 5.37. The largest absolute Gasteiger partial charge is 0.388 e. The zero-order valence-corrected chi connectivity index (χ0v) is 12.0. The molecule has 3 atom stereocenters. The molecule has 0 bridgehead atoms. The Hall–Kier alpha value is -0.900. The van der Waals surface area contributed by atoms with Gasteiger partial charge in [0.15, 0.2) is 0 Å². The van der Waals surface area contributed by atoms with Gasteiger partial charge in [-0.1, -0.05) is 37.3 Å². The van der Waals surface area contributed by atoms with Gasteiger partial charge in [0, 0.05) is 20.2 Å². The van der Waals surface area contributed by atoms with E-state index in [0.717, 1.165) is 31.6 Å². The van der Waals surface area contributed by atoms with Crippen molar-refractivity contribution in [2.24, 2.45) is 5.92 Å². The predicted molar refractivity (Wildman–Crippen MR) is 77.0 cm³/mol. The van der Waals surface area contributed by atoms with Gasteiger partial charge in [0.2, 0.25) is 0 Å². The summed E-state index contributed by atoms with van der Waals surface area (Å²) in [6.07, 6.45) is 2.31. The predicted octanol–water partition coefficient (Wildman–Crippen LogP) is 2.47. The van der Waals surface area contributed by atoms with Crippen LogP contribution in [0, 0.1) is 5.92 Å². The first-order valence-corrected chi connectivity index (χ1v) is 7.19. The minimum absolute atomic E-state index is 0.234. The second kappa shape index (κ2) is 7.04. The summed E-state index contributed by atoms with van der Waals surface area (Å²) in [4.78, 5) is 2.41. The Morgan fingerprint density at radius 2 is 2.11 bits per heavy atom. The number of aliphatic hydroxyl groups excluding tert-OH is 1. The third-order valence-electron chi connectivity index (χ3n) is 4.02. The molecule has 0 radical (unpaired) electrons. The number of ether oxygens (including phenoxy) is 1. The van der Waals surface area contributed by atoms with Crippen molar-refractivity contribution in [2.45, 2.75) is 32.0 Å². The average molecular weight is 263 g/mol. The van der Waals surface area contributed by atoms with Gasteiger partial charge < -0.3 is 14.7 Å². The highest BCUT2D eigenvalue weighted by Crippen LogP contribution is 2.23. The lowest BCUT2D eigenvalue weighted by Gasteiger charge is -2.34. The molecule has 1 aliphatic heterocycles. The van der Waals surface area contributed by atoms with Crippen molar-refractivity contribution in [3.63, 3.8) is 0 Å². The highest BCUT2D eigenvalue weighted by molar-refractivity contribution is 5.17. The van der Waals surface area contributed by atoms with Crippen LogP contribution in [0.15, 0.2) is 30.3 Å². The topological polar surface area (TPSA) is 32.7 Å². The van der Waals surface area contributed by atoms with E-state index in [0.29, 0.717) is 6.10 Å². The second-order valence-corrected chi connectivity index (χ2v) is 5.59. The summed E-state index contributed by atoms with van der Waals surface area (Å²) in [6, 6.07) is 9.93. The maximum atomic E-state index is 10.4. The fourth-order valence-electron chi connectivity index (χ4n) is 2.86. The van der Waals surface area contributed by atoms with Crippen LogP contribution in [0.25, 0.3) is 0 Å². The summed E-state index contributed by atoms with van der Waals surface area (Å²) in [7, 11) is 1.79. The van der Waals surface area contributed by atoms with Gasteiger partial charge in [0.05, 0.1) is 12.2 Å². The molecule has 19 heavy (non-hydrogen) atoms. The van der Waals surface area contributed by atoms with Crippen molar-refractivity contribution in [2.75, 3.05) is 26.7 Å². The average Bonchev–Trinajstić information content (AvgIpc) is 2.47. The molecule has 1 heterocycles. The summed E-state index contributed by atoms with van der Waals surface area (Å²) >= 11 is 0. The van der Waals surface area contributed by atoms with Crippen molar-refractivity contribution in [3.8, 4) is 0 Å². The Morgan fingerprint density at radius 1 is 1.37 bits per heavy atom. The molecule has 1 aliphatic rings. The minimum atomic E-state index is -0.385. The van der Waals surface area contributed by atoms with E-state index < -0.39 is 0 Å². The Balaban J connectivity index is 1.88. The van der Waals surface area contributed by atoms with Gasteiger partial charge in [-0.05, 0) is 30.9 Å². The number of aliphatic hydroxyl groups is 1. The number of piperidine rings is 1. The van der Waals surface area contributed by atoms with Crippen molar-refractivity contribution in [1.29, 1.82) is 0 Å². The minimum Gasteiger partial charge on any atom is -0.388 e. The summed E-state index contributed by atoms with van der Waals surface area (Å²) in [6.45, 7) is 5.15. The van der Waals surface area contributed by atoms with E-state index in [4.69, 9.17) is 4.74 Å². The van der Waals surface area contributed by atoms with Crippen LogP contribution in [0.4, 0.5) is 0 Å². The number of rotatable bonds is 5. The van der Waals surface area contributed by atoms with Crippen LogP contribution >= 0.6 is 0 Å². The van der Waals surface area contributed by atoms with E-state index in [-0.39, 0.29) is 12.0 Å². The molecule has 3 heteroatoms. The zero-order valence-electron chi connectivity index (χ0n) is 12.0. The molecule has 1 saturated heterocycles. The monoisotopic (exact) mass is 263 g/mol. The van der Waals surface area contributed by atoms with Gasteiger partial charge in [0.25, 0.3) is 0 Å².